The molecule has 0 N–H and O–H groups in total. The number of thioether (sulfide) groups is 1. The molecule has 0 unspecified atom stereocenters. The smallest absolute Gasteiger partial charge is 0.264 e. The summed E-state index contributed by atoms with van der Waals surface area (Å²) in [6.45, 7) is 4.85. The Morgan fingerprint density at radius 3 is 2.43 bits per heavy atom. The lowest BCUT2D eigenvalue weighted by atomic mass is 10.1. The largest absolute Gasteiger partial charge is 0.368 e. The van der Waals surface area contributed by atoms with Gasteiger partial charge >= 0.3 is 0 Å². The van der Waals surface area contributed by atoms with Crippen molar-refractivity contribution in [3.63, 3.8) is 0 Å². The zero-order chi connectivity index (χ0) is 19.5. The number of halogens is 1. The normalized spacial score (nSPS) is 20.1. The van der Waals surface area contributed by atoms with Crippen molar-refractivity contribution in [3.05, 3.63) is 64.0 Å². The molecular weight excluding hydrogens is 390 g/mol. The molecule has 146 valence electrons. The maximum Gasteiger partial charge on any atom is 0.264 e. The number of carbonyl (C=O) groups is 1. The molecule has 4 nitrogen and oxygen atoms in total. The number of hydrogen-bond donors (Lipinski definition) is 0. The van der Waals surface area contributed by atoms with E-state index in [1.54, 1.807) is 11.8 Å². The molecule has 2 aliphatic heterocycles. The Morgan fingerprint density at radius 2 is 1.68 bits per heavy atom. The Labute approximate surface area is 175 Å². The summed E-state index contributed by atoms with van der Waals surface area (Å²) in [5.74, 6) is 0.948. The summed E-state index contributed by atoms with van der Waals surface area (Å²) in [5, 5.41) is 0.680. The fourth-order valence-corrected chi connectivity index (χ4v) is 4.66. The van der Waals surface area contributed by atoms with Gasteiger partial charge in [-0.3, -0.25) is 4.79 Å². The van der Waals surface area contributed by atoms with Gasteiger partial charge in [-0.05, 0) is 49.0 Å². The first-order chi connectivity index (χ1) is 13.6. The van der Waals surface area contributed by atoms with E-state index in [1.165, 1.54) is 5.69 Å². The van der Waals surface area contributed by atoms with Gasteiger partial charge in [0.05, 0.1) is 4.91 Å². The zero-order valence-corrected chi connectivity index (χ0v) is 17.5. The number of benzene rings is 2. The van der Waals surface area contributed by atoms with E-state index in [-0.39, 0.29) is 5.91 Å². The lowest BCUT2D eigenvalue weighted by molar-refractivity contribution is -0.114. The number of nitrogens with zero attached hydrogens (tertiary/aromatic N) is 3. The van der Waals surface area contributed by atoms with Crippen molar-refractivity contribution in [2.24, 2.45) is 0 Å². The summed E-state index contributed by atoms with van der Waals surface area (Å²) in [6, 6.07) is 15.9. The number of likely N-dealkylation sites (N-methyl/N-ethyl adjacent to an activating group) is 1. The zero-order valence-electron chi connectivity index (χ0n) is 16.0. The highest BCUT2D eigenvalue weighted by Crippen LogP contribution is 2.32. The van der Waals surface area contributed by atoms with Gasteiger partial charge in [-0.15, -0.1) is 11.8 Å². The van der Waals surface area contributed by atoms with E-state index in [1.807, 2.05) is 35.2 Å². The Morgan fingerprint density at radius 1 is 0.964 bits per heavy atom. The average molecular weight is 414 g/mol. The minimum Gasteiger partial charge on any atom is -0.368 e. The van der Waals surface area contributed by atoms with Gasteiger partial charge in [0.25, 0.3) is 5.91 Å². The third kappa shape index (κ3) is 4.22. The minimum atomic E-state index is 0.0618. The van der Waals surface area contributed by atoms with E-state index < -0.39 is 0 Å². The number of carbonyl (C=O) groups excluding carboxylic acids is 1. The van der Waals surface area contributed by atoms with Crippen molar-refractivity contribution in [3.8, 4) is 0 Å². The molecule has 0 aliphatic carbocycles. The molecule has 2 fully saturated rings. The van der Waals surface area contributed by atoms with Crippen molar-refractivity contribution < 1.29 is 4.79 Å². The molecule has 0 saturated carbocycles. The fourth-order valence-electron chi connectivity index (χ4n) is 3.60. The van der Waals surface area contributed by atoms with Crippen molar-refractivity contribution in [1.82, 2.24) is 4.90 Å². The van der Waals surface area contributed by atoms with E-state index in [0.717, 1.165) is 48.1 Å². The molecule has 2 aromatic carbocycles. The van der Waals surface area contributed by atoms with E-state index in [0.29, 0.717) is 11.6 Å². The highest BCUT2D eigenvalue weighted by Gasteiger charge is 2.26. The van der Waals surface area contributed by atoms with Crippen molar-refractivity contribution in [2.45, 2.75) is 0 Å². The molecule has 2 aliphatic rings. The highest BCUT2D eigenvalue weighted by atomic mass is 35.5. The molecule has 6 heteroatoms. The van der Waals surface area contributed by atoms with Crippen LogP contribution in [0.4, 0.5) is 11.4 Å². The number of hydrogen-bond acceptors (Lipinski definition) is 4. The number of para-hydroxylation sites is 1. The van der Waals surface area contributed by atoms with Crippen LogP contribution in [0, 0.1) is 0 Å². The summed E-state index contributed by atoms with van der Waals surface area (Å²) in [5.41, 5.74) is 3.22. The van der Waals surface area contributed by atoms with Gasteiger partial charge in [0.1, 0.15) is 0 Å². The third-order valence-electron chi connectivity index (χ3n) is 5.23. The topological polar surface area (TPSA) is 26.8 Å². The Kier molecular flexibility index (Phi) is 5.95. The van der Waals surface area contributed by atoms with Gasteiger partial charge in [-0.2, -0.15) is 0 Å². The van der Waals surface area contributed by atoms with Crippen LogP contribution in [0.25, 0.3) is 6.08 Å². The first-order valence-electron chi connectivity index (χ1n) is 9.56. The Balaban J connectivity index is 1.60. The maximum absolute atomic E-state index is 13.1. The van der Waals surface area contributed by atoms with Crippen LogP contribution in [0.15, 0.2) is 53.4 Å². The summed E-state index contributed by atoms with van der Waals surface area (Å²) in [6.07, 6.45) is 2.06. The van der Waals surface area contributed by atoms with Crippen LogP contribution >= 0.6 is 23.4 Å². The lowest BCUT2D eigenvalue weighted by Crippen LogP contribution is -2.44. The van der Waals surface area contributed by atoms with Crippen molar-refractivity contribution >= 4 is 46.7 Å². The van der Waals surface area contributed by atoms with E-state index in [2.05, 4.69) is 41.1 Å². The minimum absolute atomic E-state index is 0.0618. The maximum atomic E-state index is 13.1. The van der Waals surface area contributed by atoms with Gasteiger partial charge in [-0.25, -0.2) is 0 Å². The standard InChI is InChI=1S/C22H24ClN3OS/c1-24-10-12-25(13-11-24)20-5-3-2-4-17(20)16-21-22(27)26(14-15-28-21)19-8-6-18(23)7-9-19/h2-9,16H,10-15H2,1H3/b21-16-. The van der Waals surface area contributed by atoms with Crippen LogP contribution in [0.2, 0.25) is 5.02 Å². The summed E-state index contributed by atoms with van der Waals surface area (Å²) in [4.78, 5) is 20.5. The second-order valence-corrected chi connectivity index (χ2v) is 8.71. The van der Waals surface area contributed by atoms with E-state index in [4.69, 9.17) is 11.6 Å². The van der Waals surface area contributed by atoms with Gasteiger partial charge in [-0.1, -0.05) is 29.8 Å². The summed E-state index contributed by atoms with van der Waals surface area (Å²) in [7, 11) is 2.16. The van der Waals surface area contributed by atoms with Crippen LogP contribution in [0.3, 0.4) is 0 Å². The van der Waals surface area contributed by atoms with Gasteiger partial charge in [0.15, 0.2) is 0 Å². The van der Waals surface area contributed by atoms with Crippen LogP contribution in [-0.2, 0) is 4.79 Å². The van der Waals surface area contributed by atoms with Crippen LogP contribution in [0.1, 0.15) is 5.56 Å². The quantitative estimate of drug-likeness (QED) is 0.704. The van der Waals surface area contributed by atoms with Crippen LogP contribution in [-0.4, -0.2) is 56.3 Å². The molecule has 2 heterocycles. The van der Waals surface area contributed by atoms with Gasteiger partial charge < -0.3 is 14.7 Å². The molecule has 0 aromatic heterocycles. The van der Waals surface area contributed by atoms with E-state index >= 15 is 0 Å². The second-order valence-electron chi connectivity index (χ2n) is 7.14. The Hall–Kier alpha value is -1.95. The first kappa shape index (κ1) is 19.4. The molecule has 2 saturated heterocycles. The van der Waals surface area contributed by atoms with Crippen LogP contribution in [0.5, 0.6) is 0 Å². The molecule has 4 rings (SSSR count). The summed E-state index contributed by atoms with van der Waals surface area (Å²) >= 11 is 7.64. The SMILES string of the molecule is CN1CCN(c2ccccc2/C=C2\SCCN(c3ccc(Cl)cc3)C2=O)CC1. The van der Waals surface area contributed by atoms with Gasteiger partial charge in [0.2, 0.25) is 0 Å². The third-order valence-corrected chi connectivity index (χ3v) is 6.48. The Bertz CT molecular complexity index is 876. The molecule has 0 radical (unpaired) electrons. The molecule has 0 atom stereocenters. The molecule has 2 aromatic rings. The molecule has 0 spiro atoms. The first-order valence-corrected chi connectivity index (χ1v) is 10.9. The fraction of sp³-hybridized carbons (Fsp3) is 0.318. The lowest BCUT2D eigenvalue weighted by Gasteiger charge is -2.35. The molecule has 1 amide bonds. The predicted octanol–water partition coefficient (Wildman–Crippen LogP) is 4.21. The molecular formula is C22H24ClN3OS. The van der Waals surface area contributed by atoms with Gasteiger partial charge in [0, 0.05) is 54.9 Å². The van der Waals surface area contributed by atoms with E-state index in [9.17, 15) is 4.79 Å². The van der Waals surface area contributed by atoms with Crippen molar-refractivity contribution in [1.29, 1.82) is 0 Å². The predicted molar refractivity (Wildman–Crippen MR) is 120 cm³/mol. The average Bonchev–Trinajstić information content (AvgIpc) is 2.71. The molecule has 28 heavy (non-hydrogen) atoms. The number of amides is 1. The second kappa shape index (κ2) is 8.60. The monoisotopic (exact) mass is 413 g/mol. The highest BCUT2D eigenvalue weighted by molar-refractivity contribution is 8.04. The number of rotatable bonds is 3. The summed E-state index contributed by atoms with van der Waals surface area (Å²) < 4.78 is 0. The molecule has 0 bridgehead atoms. The van der Waals surface area contributed by atoms with Crippen molar-refractivity contribution in [2.75, 3.05) is 55.3 Å². The number of piperazine rings is 1. The number of anilines is 2. The van der Waals surface area contributed by atoms with Crippen LogP contribution < -0.4 is 9.80 Å².